The third-order valence-electron chi connectivity index (χ3n) is 4.46. The average molecular weight is 323 g/mol. The molecule has 124 valence electrons. The molecule has 0 bridgehead atoms. The highest BCUT2D eigenvalue weighted by Gasteiger charge is 2.33. The van der Waals surface area contributed by atoms with Crippen molar-refractivity contribution in [1.82, 2.24) is 4.90 Å². The van der Waals surface area contributed by atoms with Crippen molar-refractivity contribution in [2.75, 3.05) is 6.54 Å². The lowest BCUT2D eigenvalue weighted by molar-refractivity contribution is -0.113. The van der Waals surface area contributed by atoms with Crippen molar-refractivity contribution in [1.29, 1.82) is 0 Å². The molecule has 4 heteroatoms. The Morgan fingerprint density at radius 2 is 1.75 bits per heavy atom. The van der Waals surface area contributed by atoms with E-state index in [0.717, 1.165) is 17.4 Å². The van der Waals surface area contributed by atoms with Crippen LogP contribution in [0, 0.1) is 5.92 Å². The fraction of sp³-hybridized carbons (Fsp3) is 0.300. The van der Waals surface area contributed by atoms with Gasteiger partial charge in [-0.3, -0.25) is 0 Å². The normalized spacial score (nSPS) is 20.4. The number of ether oxygens (including phenoxy) is 1. The van der Waals surface area contributed by atoms with Crippen LogP contribution in [0.25, 0.3) is 0 Å². The minimum Gasteiger partial charge on any atom is -0.445 e. The molecule has 1 aliphatic rings. The molecule has 0 aromatic heterocycles. The van der Waals surface area contributed by atoms with Gasteiger partial charge in [0.15, 0.2) is 0 Å². The Kier molecular flexibility index (Phi) is 5.26. The van der Waals surface area contributed by atoms with Gasteiger partial charge in [-0.1, -0.05) is 60.7 Å². The van der Waals surface area contributed by atoms with Gasteiger partial charge in [-0.2, -0.15) is 0 Å². The second-order valence-electron chi connectivity index (χ2n) is 6.08. The van der Waals surface area contributed by atoms with Crippen molar-refractivity contribution in [2.45, 2.75) is 25.5 Å². The molecule has 0 aliphatic carbocycles. The van der Waals surface area contributed by atoms with E-state index in [1.54, 1.807) is 4.90 Å². The van der Waals surface area contributed by atoms with Gasteiger partial charge in [-0.15, -0.1) is 0 Å². The minimum absolute atomic E-state index is 0.00613. The maximum Gasteiger partial charge on any atom is 0.410 e. The number of nitrogens with zero attached hydrogens (tertiary/aromatic N) is 1. The van der Waals surface area contributed by atoms with E-state index in [9.17, 15) is 9.59 Å². The summed E-state index contributed by atoms with van der Waals surface area (Å²) in [6.07, 6.45) is 2.01. The summed E-state index contributed by atoms with van der Waals surface area (Å²) in [5.74, 6) is -0.00613. The topological polar surface area (TPSA) is 46.6 Å². The number of hydrogen-bond acceptors (Lipinski definition) is 3. The fourth-order valence-electron chi connectivity index (χ4n) is 3.13. The van der Waals surface area contributed by atoms with E-state index in [2.05, 4.69) is 0 Å². The molecule has 1 fully saturated rings. The molecule has 1 saturated heterocycles. The van der Waals surface area contributed by atoms with Crippen LogP contribution < -0.4 is 0 Å². The van der Waals surface area contributed by atoms with Gasteiger partial charge in [0.05, 0.1) is 6.04 Å². The molecule has 24 heavy (non-hydrogen) atoms. The number of likely N-dealkylation sites (tertiary alicyclic amines) is 1. The number of carbonyl (C=O) groups excluding carboxylic acids is 2. The van der Waals surface area contributed by atoms with E-state index < -0.39 is 0 Å². The highest BCUT2D eigenvalue weighted by atomic mass is 16.6. The van der Waals surface area contributed by atoms with Crippen LogP contribution in [0.3, 0.4) is 0 Å². The summed E-state index contributed by atoms with van der Waals surface area (Å²) in [6, 6.07) is 19.4. The number of carbonyl (C=O) groups is 2. The van der Waals surface area contributed by atoms with E-state index in [1.807, 2.05) is 60.7 Å². The largest absolute Gasteiger partial charge is 0.445 e. The Morgan fingerprint density at radius 3 is 2.42 bits per heavy atom. The lowest BCUT2D eigenvalue weighted by atomic mass is 9.88. The molecule has 2 unspecified atom stereocenters. The number of piperidine rings is 1. The Morgan fingerprint density at radius 1 is 1.08 bits per heavy atom. The fourth-order valence-corrected chi connectivity index (χ4v) is 3.13. The lowest BCUT2D eigenvalue weighted by Gasteiger charge is -2.37. The van der Waals surface area contributed by atoms with Gasteiger partial charge in [-0.25, -0.2) is 4.79 Å². The zero-order chi connectivity index (χ0) is 16.8. The molecule has 4 nitrogen and oxygen atoms in total. The molecule has 2 aromatic rings. The van der Waals surface area contributed by atoms with Gasteiger partial charge >= 0.3 is 6.09 Å². The van der Waals surface area contributed by atoms with E-state index in [-0.39, 0.29) is 24.7 Å². The van der Waals surface area contributed by atoms with E-state index >= 15 is 0 Å². The molecule has 1 heterocycles. The summed E-state index contributed by atoms with van der Waals surface area (Å²) in [4.78, 5) is 25.5. The van der Waals surface area contributed by atoms with E-state index in [1.165, 1.54) is 0 Å². The minimum atomic E-state index is -0.322. The molecule has 3 rings (SSSR count). The molecule has 0 spiro atoms. The maximum atomic E-state index is 12.6. The summed E-state index contributed by atoms with van der Waals surface area (Å²) < 4.78 is 5.49. The molecular weight excluding hydrogens is 302 g/mol. The molecular formula is C20H21NO3. The first kappa shape index (κ1) is 16.2. The van der Waals surface area contributed by atoms with Crippen LogP contribution in [0.2, 0.25) is 0 Å². The summed E-state index contributed by atoms with van der Waals surface area (Å²) in [7, 11) is 0. The molecule has 2 aromatic carbocycles. The number of amides is 1. The van der Waals surface area contributed by atoms with Crippen LogP contribution in [0.4, 0.5) is 4.79 Å². The smallest absolute Gasteiger partial charge is 0.410 e. The van der Waals surface area contributed by atoms with Crippen LogP contribution in [0.15, 0.2) is 60.7 Å². The summed E-state index contributed by atoms with van der Waals surface area (Å²) >= 11 is 0. The van der Waals surface area contributed by atoms with Gasteiger partial charge < -0.3 is 14.4 Å². The lowest BCUT2D eigenvalue weighted by Crippen LogP contribution is -2.41. The monoisotopic (exact) mass is 323 g/mol. The van der Waals surface area contributed by atoms with Crippen LogP contribution in [0.1, 0.15) is 30.0 Å². The van der Waals surface area contributed by atoms with Gasteiger partial charge in [0.2, 0.25) is 0 Å². The quantitative estimate of drug-likeness (QED) is 0.800. The summed E-state index contributed by atoms with van der Waals surface area (Å²) in [6.45, 7) is 0.797. The van der Waals surface area contributed by atoms with Crippen molar-refractivity contribution in [3.63, 3.8) is 0 Å². The highest BCUT2D eigenvalue weighted by Crippen LogP contribution is 2.33. The molecule has 0 radical (unpaired) electrons. The third-order valence-corrected chi connectivity index (χ3v) is 4.46. The van der Waals surface area contributed by atoms with Crippen molar-refractivity contribution < 1.29 is 14.3 Å². The van der Waals surface area contributed by atoms with Crippen molar-refractivity contribution in [2.24, 2.45) is 5.92 Å². The Balaban J connectivity index is 1.71. The zero-order valence-corrected chi connectivity index (χ0v) is 13.5. The first-order valence-corrected chi connectivity index (χ1v) is 8.25. The second kappa shape index (κ2) is 7.77. The predicted octanol–water partition coefficient (Wildman–Crippen LogP) is 3.98. The number of benzene rings is 2. The first-order chi connectivity index (χ1) is 11.8. The Bertz CT molecular complexity index is 672. The Hall–Kier alpha value is -2.62. The molecule has 2 atom stereocenters. The van der Waals surface area contributed by atoms with Crippen molar-refractivity contribution in [3.8, 4) is 0 Å². The van der Waals surface area contributed by atoms with Gasteiger partial charge in [0.25, 0.3) is 0 Å². The van der Waals surface area contributed by atoms with Gasteiger partial charge in [-0.05, 0) is 24.0 Å². The second-order valence-corrected chi connectivity index (χ2v) is 6.08. The van der Waals surface area contributed by atoms with Crippen molar-refractivity contribution in [3.05, 3.63) is 71.8 Å². The zero-order valence-electron chi connectivity index (χ0n) is 13.5. The van der Waals surface area contributed by atoms with Crippen LogP contribution in [-0.2, 0) is 16.1 Å². The highest BCUT2D eigenvalue weighted by molar-refractivity contribution is 5.69. The van der Waals surface area contributed by atoms with Crippen molar-refractivity contribution >= 4 is 12.4 Å². The number of rotatable bonds is 4. The Labute approximate surface area is 142 Å². The SMILES string of the molecule is O=CC1CCN(C(=O)OCc2ccccc2)C(c2ccccc2)C1. The summed E-state index contributed by atoms with van der Waals surface area (Å²) in [5.41, 5.74) is 2.01. The summed E-state index contributed by atoms with van der Waals surface area (Å²) in [5, 5.41) is 0. The predicted molar refractivity (Wildman–Crippen MR) is 91.3 cm³/mol. The molecule has 1 aliphatic heterocycles. The van der Waals surface area contributed by atoms with Gasteiger partial charge in [0.1, 0.15) is 12.9 Å². The molecule has 0 saturated carbocycles. The van der Waals surface area contributed by atoms with E-state index in [4.69, 9.17) is 4.74 Å². The number of aldehydes is 1. The maximum absolute atomic E-state index is 12.6. The average Bonchev–Trinajstić information content (AvgIpc) is 2.67. The third kappa shape index (κ3) is 3.82. The number of hydrogen-bond donors (Lipinski definition) is 0. The first-order valence-electron chi connectivity index (χ1n) is 8.25. The molecule has 0 N–H and O–H groups in total. The van der Waals surface area contributed by atoms with Crippen LogP contribution >= 0.6 is 0 Å². The van der Waals surface area contributed by atoms with Gasteiger partial charge in [0, 0.05) is 12.5 Å². The standard InChI is InChI=1S/C20H21NO3/c22-14-17-11-12-21(19(13-17)18-9-5-2-6-10-18)20(23)24-15-16-7-3-1-4-8-16/h1-10,14,17,19H,11-13,15H2. The van der Waals surface area contributed by atoms with E-state index in [0.29, 0.717) is 19.4 Å². The molecule has 1 amide bonds. The van der Waals surface area contributed by atoms with Crippen LogP contribution in [-0.4, -0.2) is 23.8 Å². The van der Waals surface area contributed by atoms with Crippen LogP contribution in [0.5, 0.6) is 0 Å².